The molecule has 0 amide bonds. The maximum absolute atomic E-state index is 12.3. The van der Waals surface area contributed by atoms with Crippen LogP contribution in [-0.4, -0.2) is 25.2 Å². The minimum Gasteiger partial charge on any atom is -0.494 e. The Labute approximate surface area is 153 Å². The lowest BCUT2D eigenvalue weighted by Gasteiger charge is -2.10. The van der Waals surface area contributed by atoms with Gasteiger partial charge in [0.05, 0.1) is 18.8 Å². The van der Waals surface area contributed by atoms with Gasteiger partial charge in [-0.2, -0.15) is 0 Å². The number of para-hydroxylation sites is 1. The number of hydrogen-bond donors (Lipinski definition) is 0. The van der Waals surface area contributed by atoms with Gasteiger partial charge in [0.25, 0.3) is 0 Å². The van der Waals surface area contributed by atoms with E-state index in [4.69, 9.17) is 14.2 Å². The number of carbonyl (C=O) groups excluding carboxylic acids is 2. The van der Waals surface area contributed by atoms with Gasteiger partial charge in [0.1, 0.15) is 17.1 Å². The van der Waals surface area contributed by atoms with Crippen LogP contribution in [0.25, 0.3) is 0 Å². The number of carbonyl (C=O) groups is 2. The molecule has 2 rings (SSSR count). The lowest BCUT2D eigenvalue weighted by molar-refractivity contribution is 0.0520. The number of ether oxygens (including phenoxy) is 3. The third-order valence-corrected chi connectivity index (χ3v) is 3.64. The van der Waals surface area contributed by atoms with Gasteiger partial charge in [0, 0.05) is 0 Å². The first-order chi connectivity index (χ1) is 12.5. The first-order valence-electron chi connectivity index (χ1n) is 8.72. The number of esters is 2. The van der Waals surface area contributed by atoms with Crippen LogP contribution in [0.3, 0.4) is 0 Å². The van der Waals surface area contributed by atoms with E-state index in [2.05, 4.69) is 13.8 Å². The number of benzene rings is 2. The van der Waals surface area contributed by atoms with Crippen molar-refractivity contribution in [3.63, 3.8) is 0 Å². The Morgan fingerprint density at radius 2 is 1.65 bits per heavy atom. The molecule has 0 heterocycles. The van der Waals surface area contributed by atoms with E-state index in [0.717, 1.165) is 6.42 Å². The highest BCUT2D eigenvalue weighted by atomic mass is 16.5. The summed E-state index contributed by atoms with van der Waals surface area (Å²) in [6.07, 6.45) is 0.967. The highest BCUT2D eigenvalue weighted by molar-refractivity contribution is 5.96. The molecule has 0 radical (unpaired) electrons. The second-order valence-electron chi connectivity index (χ2n) is 6.16. The van der Waals surface area contributed by atoms with E-state index in [1.54, 1.807) is 55.5 Å². The van der Waals surface area contributed by atoms with Gasteiger partial charge in [-0.25, -0.2) is 9.59 Å². The molecule has 5 nitrogen and oxygen atoms in total. The fourth-order valence-corrected chi connectivity index (χ4v) is 2.19. The van der Waals surface area contributed by atoms with E-state index >= 15 is 0 Å². The van der Waals surface area contributed by atoms with E-state index < -0.39 is 11.9 Å². The average molecular weight is 356 g/mol. The van der Waals surface area contributed by atoms with Crippen LogP contribution < -0.4 is 9.47 Å². The van der Waals surface area contributed by atoms with Gasteiger partial charge < -0.3 is 14.2 Å². The third kappa shape index (κ3) is 5.62. The van der Waals surface area contributed by atoms with Crippen LogP contribution in [0.4, 0.5) is 0 Å². The van der Waals surface area contributed by atoms with Crippen molar-refractivity contribution in [3.8, 4) is 11.5 Å². The Morgan fingerprint density at radius 3 is 2.31 bits per heavy atom. The predicted octanol–water partition coefficient (Wildman–Crippen LogP) is 4.51. The third-order valence-electron chi connectivity index (χ3n) is 3.64. The SMILES string of the molecule is CCOC(=O)c1ccccc1OC(=O)c1ccc(OCCC(C)C)cc1. The van der Waals surface area contributed by atoms with Crippen LogP contribution in [0, 0.1) is 5.92 Å². The lowest BCUT2D eigenvalue weighted by Crippen LogP contribution is -2.13. The quantitative estimate of drug-likeness (QED) is 0.514. The van der Waals surface area contributed by atoms with Crippen LogP contribution in [0.5, 0.6) is 11.5 Å². The molecule has 0 saturated carbocycles. The summed E-state index contributed by atoms with van der Waals surface area (Å²) in [5.41, 5.74) is 0.594. The van der Waals surface area contributed by atoms with Gasteiger partial charge in [-0.1, -0.05) is 26.0 Å². The van der Waals surface area contributed by atoms with E-state index in [1.807, 2.05) is 0 Å². The molecule has 0 spiro atoms. The second kappa shape index (κ2) is 9.61. The molecule has 2 aromatic carbocycles. The Kier molecular flexibility index (Phi) is 7.21. The summed E-state index contributed by atoms with van der Waals surface area (Å²) in [6.45, 7) is 6.87. The molecule has 26 heavy (non-hydrogen) atoms. The Bertz CT molecular complexity index is 734. The van der Waals surface area contributed by atoms with Crippen LogP contribution in [0.15, 0.2) is 48.5 Å². The van der Waals surface area contributed by atoms with E-state index in [-0.39, 0.29) is 17.9 Å². The molecular weight excluding hydrogens is 332 g/mol. The summed E-state index contributed by atoms with van der Waals surface area (Å²) < 4.78 is 16.0. The van der Waals surface area contributed by atoms with Crippen molar-refractivity contribution in [2.45, 2.75) is 27.2 Å². The molecule has 0 aliphatic carbocycles. The van der Waals surface area contributed by atoms with Crippen molar-refractivity contribution in [3.05, 3.63) is 59.7 Å². The summed E-state index contributed by atoms with van der Waals surface area (Å²) >= 11 is 0. The number of hydrogen-bond acceptors (Lipinski definition) is 5. The summed E-state index contributed by atoms with van der Waals surface area (Å²) in [5, 5.41) is 0. The Morgan fingerprint density at radius 1 is 0.962 bits per heavy atom. The monoisotopic (exact) mass is 356 g/mol. The van der Waals surface area contributed by atoms with Crippen LogP contribution in [-0.2, 0) is 4.74 Å². The molecule has 2 aromatic rings. The molecular formula is C21H24O5. The maximum atomic E-state index is 12.3. The van der Waals surface area contributed by atoms with Crippen molar-refractivity contribution >= 4 is 11.9 Å². The fraction of sp³-hybridized carbons (Fsp3) is 0.333. The summed E-state index contributed by atoms with van der Waals surface area (Å²) in [4.78, 5) is 24.3. The van der Waals surface area contributed by atoms with E-state index in [9.17, 15) is 9.59 Å². The fourth-order valence-electron chi connectivity index (χ4n) is 2.19. The molecule has 0 aliphatic heterocycles. The highest BCUT2D eigenvalue weighted by Crippen LogP contribution is 2.21. The first-order valence-corrected chi connectivity index (χ1v) is 8.72. The molecule has 0 saturated heterocycles. The topological polar surface area (TPSA) is 61.8 Å². The Balaban J connectivity index is 2.03. The lowest BCUT2D eigenvalue weighted by atomic mass is 10.1. The van der Waals surface area contributed by atoms with Crippen LogP contribution in [0.2, 0.25) is 0 Å². The Hall–Kier alpha value is -2.82. The smallest absolute Gasteiger partial charge is 0.343 e. The standard InChI is InChI=1S/C21H24O5/c1-4-24-21(23)18-7-5-6-8-19(18)26-20(22)16-9-11-17(12-10-16)25-14-13-15(2)3/h5-12,15H,4,13-14H2,1-3H3. The summed E-state index contributed by atoms with van der Waals surface area (Å²) in [7, 11) is 0. The molecule has 0 fully saturated rings. The molecule has 0 aliphatic rings. The van der Waals surface area contributed by atoms with Crippen molar-refractivity contribution in [1.82, 2.24) is 0 Å². The van der Waals surface area contributed by atoms with Crippen LogP contribution in [0.1, 0.15) is 47.9 Å². The highest BCUT2D eigenvalue weighted by Gasteiger charge is 2.17. The first kappa shape index (κ1) is 19.5. The molecule has 5 heteroatoms. The van der Waals surface area contributed by atoms with Crippen molar-refractivity contribution in [2.24, 2.45) is 5.92 Å². The summed E-state index contributed by atoms with van der Waals surface area (Å²) in [5.74, 6) is 0.381. The van der Waals surface area contributed by atoms with E-state index in [1.165, 1.54) is 0 Å². The summed E-state index contributed by atoms with van der Waals surface area (Å²) in [6, 6.07) is 13.2. The molecule has 0 atom stereocenters. The normalized spacial score (nSPS) is 10.5. The van der Waals surface area contributed by atoms with Gasteiger partial charge in [0.2, 0.25) is 0 Å². The largest absolute Gasteiger partial charge is 0.494 e. The van der Waals surface area contributed by atoms with Gasteiger partial charge in [-0.05, 0) is 55.7 Å². The average Bonchev–Trinajstić information content (AvgIpc) is 2.62. The van der Waals surface area contributed by atoms with Gasteiger partial charge >= 0.3 is 11.9 Å². The van der Waals surface area contributed by atoms with Gasteiger partial charge in [-0.3, -0.25) is 0 Å². The van der Waals surface area contributed by atoms with Crippen LogP contribution >= 0.6 is 0 Å². The zero-order chi connectivity index (χ0) is 18.9. The maximum Gasteiger partial charge on any atom is 0.343 e. The molecule has 138 valence electrons. The second-order valence-corrected chi connectivity index (χ2v) is 6.16. The van der Waals surface area contributed by atoms with E-state index in [0.29, 0.717) is 23.8 Å². The zero-order valence-corrected chi connectivity index (χ0v) is 15.4. The minimum absolute atomic E-state index is 0.174. The van der Waals surface area contributed by atoms with Crippen molar-refractivity contribution in [2.75, 3.05) is 13.2 Å². The molecule has 0 N–H and O–H groups in total. The number of rotatable bonds is 8. The van der Waals surface area contributed by atoms with Crippen molar-refractivity contribution < 1.29 is 23.8 Å². The zero-order valence-electron chi connectivity index (χ0n) is 15.4. The predicted molar refractivity (Wildman–Crippen MR) is 98.7 cm³/mol. The van der Waals surface area contributed by atoms with Crippen molar-refractivity contribution in [1.29, 1.82) is 0 Å². The van der Waals surface area contributed by atoms with Gasteiger partial charge in [0.15, 0.2) is 0 Å². The molecule has 0 unspecified atom stereocenters. The molecule has 0 bridgehead atoms. The molecule has 0 aromatic heterocycles. The van der Waals surface area contributed by atoms with Gasteiger partial charge in [-0.15, -0.1) is 0 Å². The minimum atomic E-state index is -0.546.